The highest BCUT2D eigenvalue weighted by Crippen LogP contribution is 2.28. The van der Waals surface area contributed by atoms with Crippen LogP contribution in [0.1, 0.15) is 37.6 Å². The second kappa shape index (κ2) is 9.53. The summed E-state index contributed by atoms with van der Waals surface area (Å²) < 4.78 is 7.08. The minimum Gasteiger partial charge on any atom is -0.382 e. The molecule has 26 heavy (non-hydrogen) atoms. The van der Waals surface area contributed by atoms with Crippen LogP contribution in [-0.2, 0) is 16.1 Å². The molecule has 2 heterocycles. The van der Waals surface area contributed by atoms with Gasteiger partial charge in [-0.1, -0.05) is 11.8 Å². The van der Waals surface area contributed by atoms with Crippen molar-refractivity contribution in [3.05, 3.63) is 20.8 Å². The molecule has 0 saturated heterocycles. The number of carbonyl (C=O) groups excluding carboxylic acids is 1. The summed E-state index contributed by atoms with van der Waals surface area (Å²) in [4.78, 5) is 31.6. The Bertz CT molecular complexity index is 827. The van der Waals surface area contributed by atoms with Crippen molar-refractivity contribution in [1.29, 1.82) is 0 Å². The predicted octanol–water partition coefficient (Wildman–Crippen LogP) is 3.12. The van der Waals surface area contributed by atoms with E-state index in [2.05, 4.69) is 5.32 Å². The summed E-state index contributed by atoms with van der Waals surface area (Å²) in [7, 11) is 0. The van der Waals surface area contributed by atoms with Crippen LogP contribution >= 0.6 is 23.1 Å². The van der Waals surface area contributed by atoms with E-state index in [0.717, 1.165) is 21.7 Å². The second-order valence-corrected chi connectivity index (χ2v) is 8.52. The molecule has 0 fully saturated rings. The van der Waals surface area contributed by atoms with Crippen LogP contribution < -0.4 is 10.9 Å². The molecule has 6 nitrogen and oxygen atoms in total. The molecule has 0 aromatic carbocycles. The Kier molecular flexibility index (Phi) is 7.67. The van der Waals surface area contributed by atoms with E-state index >= 15 is 0 Å². The van der Waals surface area contributed by atoms with E-state index in [1.54, 1.807) is 4.57 Å². The third kappa shape index (κ3) is 5.08. The summed E-state index contributed by atoms with van der Waals surface area (Å²) in [5, 5.41) is 4.16. The minimum atomic E-state index is -0.0567. The summed E-state index contributed by atoms with van der Waals surface area (Å²) in [6, 6.07) is 0.0921. The molecule has 0 saturated carbocycles. The Balaban J connectivity index is 2.32. The lowest BCUT2D eigenvalue weighted by atomic mass is 10.2. The average molecular weight is 398 g/mol. The molecule has 0 aliphatic heterocycles. The molecular weight excluding hydrogens is 370 g/mol. The number of nitrogens with one attached hydrogen (secondary N) is 1. The fourth-order valence-corrected chi connectivity index (χ4v) is 4.49. The molecule has 144 valence electrons. The topological polar surface area (TPSA) is 73.2 Å². The van der Waals surface area contributed by atoms with Crippen LogP contribution in [0.4, 0.5) is 0 Å². The minimum absolute atomic E-state index is 0.0277. The van der Waals surface area contributed by atoms with Gasteiger partial charge >= 0.3 is 0 Å². The number of fused-ring (bicyclic) bond motifs is 1. The monoisotopic (exact) mass is 397 g/mol. The first-order valence-electron chi connectivity index (χ1n) is 8.85. The molecule has 0 spiro atoms. The fourth-order valence-electron chi connectivity index (χ4n) is 2.58. The number of hydrogen-bond acceptors (Lipinski definition) is 6. The molecule has 2 rings (SSSR count). The van der Waals surface area contributed by atoms with Crippen molar-refractivity contribution in [2.45, 2.75) is 58.8 Å². The van der Waals surface area contributed by atoms with Crippen LogP contribution in [-0.4, -0.2) is 40.5 Å². The summed E-state index contributed by atoms with van der Waals surface area (Å²) in [5.41, 5.74) is 0.968. The van der Waals surface area contributed by atoms with Gasteiger partial charge in [-0.3, -0.25) is 14.2 Å². The van der Waals surface area contributed by atoms with Gasteiger partial charge in [-0.05, 0) is 46.6 Å². The van der Waals surface area contributed by atoms with E-state index in [0.29, 0.717) is 30.3 Å². The van der Waals surface area contributed by atoms with Crippen LogP contribution in [0.25, 0.3) is 10.2 Å². The van der Waals surface area contributed by atoms with Gasteiger partial charge in [0.2, 0.25) is 5.91 Å². The van der Waals surface area contributed by atoms with Gasteiger partial charge in [0.15, 0.2) is 5.16 Å². The standard InChI is InChI=1S/C18H27N3O3S2/c1-6-24-9-7-8-21-17(23)15-12(4)13(5)26-16(15)20-18(21)25-10-14(22)19-11(2)3/h11H,6-10H2,1-5H3,(H,19,22). The molecule has 0 aliphatic carbocycles. The maximum atomic E-state index is 13.0. The molecule has 8 heteroatoms. The fraction of sp³-hybridized carbons (Fsp3) is 0.611. The summed E-state index contributed by atoms with van der Waals surface area (Å²) in [6.45, 7) is 11.6. The van der Waals surface area contributed by atoms with E-state index in [4.69, 9.17) is 9.72 Å². The zero-order chi connectivity index (χ0) is 19.3. The number of thioether (sulfide) groups is 1. The zero-order valence-corrected chi connectivity index (χ0v) is 17.7. The van der Waals surface area contributed by atoms with Crippen molar-refractivity contribution >= 4 is 39.2 Å². The van der Waals surface area contributed by atoms with Gasteiger partial charge in [-0.15, -0.1) is 11.3 Å². The van der Waals surface area contributed by atoms with E-state index < -0.39 is 0 Å². The third-order valence-corrected chi connectivity index (χ3v) is 5.99. The largest absolute Gasteiger partial charge is 0.382 e. The zero-order valence-electron chi connectivity index (χ0n) is 16.0. The van der Waals surface area contributed by atoms with Gasteiger partial charge in [-0.2, -0.15) is 0 Å². The molecule has 2 aromatic heterocycles. The van der Waals surface area contributed by atoms with Gasteiger partial charge in [-0.25, -0.2) is 4.98 Å². The number of thiophene rings is 1. The molecule has 2 aromatic rings. The lowest BCUT2D eigenvalue weighted by Gasteiger charge is -2.13. The van der Waals surface area contributed by atoms with E-state index in [-0.39, 0.29) is 23.3 Å². The lowest BCUT2D eigenvalue weighted by molar-refractivity contribution is -0.119. The van der Waals surface area contributed by atoms with Crippen molar-refractivity contribution in [2.24, 2.45) is 0 Å². The van der Waals surface area contributed by atoms with Crippen LogP contribution in [0.15, 0.2) is 9.95 Å². The molecule has 0 aliphatic rings. The maximum absolute atomic E-state index is 13.0. The van der Waals surface area contributed by atoms with Gasteiger partial charge in [0.25, 0.3) is 5.56 Å². The predicted molar refractivity (Wildman–Crippen MR) is 108 cm³/mol. The summed E-state index contributed by atoms with van der Waals surface area (Å²) in [5.74, 6) is 0.184. The van der Waals surface area contributed by atoms with Gasteiger partial charge < -0.3 is 10.1 Å². The van der Waals surface area contributed by atoms with Crippen molar-refractivity contribution in [3.63, 3.8) is 0 Å². The molecule has 0 radical (unpaired) electrons. The highest BCUT2D eigenvalue weighted by molar-refractivity contribution is 7.99. The number of rotatable bonds is 9. The first kappa shape index (κ1) is 20.9. The number of nitrogens with zero attached hydrogens (tertiary/aromatic N) is 2. The summed E-state index contributed by atoms with van der Waals surface area (Å²) in [6.07, 6.45) is 0.731. The van der Waals surface area contributed by atoms with Gasteiger partial charge in [0, 0.05) is 30.7 Å². The number of hydrogen-bond donors (Lipinski definition) is 1. The molecule has 0 atom stereocenters. The van der Waals surface area contributed by atoms with E-state index in [1.165, 1.54) is 23.1 Å². The van der Waals surface area contributed by atoms with Gasteiger partial charge in [0.1, 0.15) is 4.83 Å². The number of aromatic nitrogens is 2. The first-order valence-corrected chi connectivity index (χ1v) is 10.7. The van der Waals surface area contributed by atoms with Crippen molar-refractivity contribution in [3.8, 4) is 0 Å². The normalized spacial score (nSPS) is 11.5. The second-order valence-electron chi connectivity index (χ2n) is 6.38. The van der Waals surface area contributed by atoms with Crippen LogP contribution in [0.2, 0.25) is 0 Å². The molecule has 0 unspecified atom stereocenters. The highest BCUT2D eigenvalue weighted by atomic mass is 32.2. The van der Waals surface area contributed by atoms with Crippen molar-refractivity contribution in [1.82, 2.24) is 14.9 Å². The van der Waals surface area contributed by atoms with Crippen molar-refractivity contribution < 1.29 is 9.53 Å². The van der Waals surface area contributed by atoms with Crippen LogP contribution in [0.3, 0.4) is 0 Å². The molecule has 1 amide bonds. The quantitative estimate of drug-likeness (QED) is 0.400. The Labute approximate surface area is 162 Å². The van der Waals surface area contributed by atoms with Crippen LogP contribution in [0, 0.1) is 13.8 Å². The van der Waals surface area contributed by atoms with Gasteiger partial charge in [0.05, 0.1) is 11.1 Å². The Morgan fingerprint density at radius 2 is 2.12 bits per heavy atom. The molecular formula is C18H27N3O3S2. The highest BCUT2D eigenvalue weighted by Gasteiger charge is 2.17. The lowest BCUT2D eigenvalue weighted by Crippen LogP contribution is -2.32. The average Bonchev–Trinajstić information content (AvgIpc) is 2.85. The third-order valence-electron chi connectivity index (χ3n) is 3.91. The van der Waals surface area contributed by atoms with E-state index in [1.807, 2.05) is 34.6 Å². The molecule has 1 N–H and O–H groups in total. The Morgan fingerprint density at radius 3 is 2.77 bits per heavy atom. The number of carbonyl (C=O) groups is 1. The SMILES string of the molecule is CCOCCCn1c(SCC(=O)NC(C)C)nc2sc(C)c(C)c2c1=O. The van der Waals surface area contributed by atoms with E-state index in [9.17, 15) is 9.59 Å². The Morgan fingerprint density at radius 1 is 1.38 bits per heavy atom. The number of amides is 1. The van der Waals surface area contributed by atoms with Crippen LogP contribution in [0.5, 0.6) is 0 Å². The smallest absolute Gasteiger partial charge is 0.263 e. The first-order chi connectivity index (χ1) is 12.3. The maximum Gasteiger partial charge on any atom is 0.263 e. The molecule has 0 bridgehead atoms. The number of ether oxygens (including phenoxy) is 1. The summed E-state index contributed by atoms with van der Waals surface area (Å²) >= 11 is 2.84. The van der Waals surface area contributed by atoms with Crippen molar-refractivity contribution in [2.75, 3.05) is 19.0 Å². The Hall–Kier alpha value is -1.38. The number of aryl methyl sites for hydroxylation is 2.